The fourth-order valence-corrected chi connectivity index (χ4v) is 3.20. The van der Waals surface area contributed by atoms with Gasteiger partial charge in [-0.1, -0.05) is 103 Å². The normalized spacial score (nSPS) is 11.0. The van der Waals surface area contributed by atoms with Gasteiger partial charge in [-0.3, -0.25) is 4.52 Å². The zero-order valence-electron chi connectivity index (χ0n) is 17.2. The second-order valence-electron chi connectivity index (χ2n) is 6.63. The van der Waals surface area contributed by atoms with Crippen molar-refractivity contribution in [2.75, 3.05) is 6.61 Å². The number of phosphoric ester groups is 1. The minimum Gasteiger partial charge on any atom is -0.303 e. The largest absolute Gasteiger partial charge is 0.469 e. The van der Waals surface area contributed by atoms with Crippen LogP contribution in [0.2, 0.25) is 0 Å². The number of hydrogen-bond donors (Lipinski definition) is 2. The van der Waals surface area contributed by atoms with Crippen LogP contribution in [-0.4, -0.2) is 75.5 Å². The van der Waals surface area contributed by atoms with Crippen LogP contribution in [0.1, 0.15) is 110 Å². The van der Waals surface area contributed by atoms with E-state index in [0.717, 1.165) is 19.3 Å². The molecule has 0 fully saturated rings. The molecule has 0 atom stereocenters. The Labute approximate surface area is 200 Å². The maximum absolute atomic E-state index is 10.5. The van der Waals surface area contributed by atoms with Crippen LogP contribution in [0.3, 0.4) is 0 Å². The van der Waals surface area contributed by atoms with Crippen LogP contribution in [0.15, 0.2) is 0 Å². The molecule has 0 saturated heterocycles. The summed E-state index contributed by atoms with van der Waals surface area (Å²) in [5, 5.41) is 0. The summed E-state index contributed by atoms with van der Waals surface area (Å²) in [6.07, 6.45) is 20.7. The van der Waals surface area contributed by atoms with E-state index in [1.165, 1.54) is 83.5 Å². The second-order valence-corrected chi connectivity index (χ2v) is 7.87. The van der Waals surface area contributed by atoms with Crippen molar-refractivity contribution < 1.29 is 18.9 Å². The molecule has 0 aromatic carbocycles. The Bertz CT molecular complexity index is 288. The number of rotatable bonds is 18. The molecular formula is C18H39Na2O4P. The summed E-state index contributed by atoms with van der Waals surface area (Å²) >= 11 is 0. The molecule has 2 radical (unpaired) electrons. The van der Waals surface area contributed by atoms with E-state index in [9.17, 15) is 4.57 Å². The molecular weight excluding hydrogens is 357 g/mol. The van der Waals surface area contributed by atoms with Crippen molar-refractivity contribution in [1.82, 2.24) is 0 Å². The number of hydrogen-bond acceptors (Lipinski definition) is 2. The standard InChI is InChI=1S/C18H39O4P.2Na/c1-2-3-4-5-6-7-8-9-10-11-12-13-14-15-16-17-18-22-23(19,20)21;;/h2-18H2,1H3,(H2,19,20,21);;. The molecule has 0 bridgehead atoms. The fourth-order valence-electron chi connectivity index (χ4n) is 2.83. The van der Waals surface area contributed by atoms with Crippen LogP contribution < -0.4 is 0 Å². The Balaban J connectivity index is -0.00000242. The molecule has 0 aromatic rings. The van der Waals surface area contributed by atoms with Gasteiger partial charge < -0.3 is 9.79 Å². The Morgan fingerprint density at radius 3 is 1.16 bits per heavy atom. The fraction of sp³-hybridized carbons (Fsp3) is 1.00. The second kappa shape index (κ2) is 24.1. The van der Waals surface area contributed by atoms with E-state index in [-0.39, 0.29) is 65.7 Å². The van der Waals surface area contributed by atoms with Gasteiger partial charge in [-0.25, -0.2) is 4.57 Å². The van der Waals surface area contributed by atoms with E-state index in [2.05, 4.69) is 11.4 Å². The molecule has 0 unspecified atom stereocenters. The maximum Gasteiger partial charge on any atom is 0.469 e. The van der Waals surface area contributed by atoms with Crippen molar-refractivity contribution in [3.8, 4) is 0 Å². The SMILES string of the molecule is CCCCCCCCCCCCCCCCCCOP(=O)(O)O.[Na].[Na]. The minimum atomic E-state index is -4.26. The Kier molecular flexibility index (Phi) is 30.7. The van der Waals surface area contributed by atoms with Crippen molar-refractivity contribution in [3.63, 3.8) is 0 Å². The molecule has 0 saturated carbocycles. The minimum absolute atomic E-state index is 0. The van der Waals surface area contributed by atoms with Gasteiger partial charge >= 0.3 is 7.82 Å². The summed E-state index contributed by atoms with van der Waals surface area (Å²) in [4.78, 5) is 17.1. The summed E-state index contributed by atoms with van der Waals surface area (Å²) in [6.45, 7) is 2.43. The van der Waals surface area contributed by atoms with Gasteiger partial charge in [-0.15, -0.1) is 0 Å². The van der Waals surface area contributed by atoms with Crippen molar-refractivity contribution in [3.05, 3.63) is 0 Å². The van der Waals surface area contributed by atoms with Gasteiger partial charge in [0.05, 0.1) is 6.61 Å². The van der Waals surface area contributed by atoms with Crippen molar-refractivity contribution in [2.45, 2.75) is 110 Å². The average Bonchev–Trinajstić information content (AvgIpc) is 2.49. The van der Waals surface area contributed by atoms with Gasteiger partial charge in [0.1, 0.15) is 0 Å². The van der Waals surface area contributed by atoms with Gasteiger partial charge in [-0.2, -0.15) is 0 Å². The molecule has 0 aliphatic carbocycles. The maximum atomic E-state index is 10.5. The van der Waals surface area contributed by atoms with Crippen molar-refractivity contribution in [1.29, 1.82) is 0 Å². The quantitative estimate of drug-likeness (QED) is 0.180. The Morgan fingerprint density at radius 1 is 0.600 bits per heavy atom. The zero-order valence-corrected chi connectivity index (χ0v) is 22.1. The zero-order chi connectivity index (χ0) is 17.2. The van der Waals surface area contributed by atoms with E-state index in [4.69, 9.17) is 9.79 Å². The van der Waals surface area contributed by atoms with Crippen LogP contribution in [0.25, 0.3) is 0 Å². The smallest absolute Gasteiger partial charge is 0.303 e. The van der Waals surface area contributed by atoms with E-state index in [1.807, 2.05) is 0 Å². The molecule has 0 amide bonds. The molecule has 0 aromatic heterocycles. The summed E-state index contributed by atoms with van der Waals surface area (Å²) in [6, 6.07) is 0. The summed E-state index contributed by atoms with van der Waals surface area (Å²) in [5.41, 5.74) is 0. The third-order valence-corrected chi connectivity index (χ3v) is 4.78. The van der Waals surface area contributed by atoms with Crippen LogP contribution in [-0.2, 0) is 9.09 Å². The molecule has 7 heteroatoms. The van der Waals surface area contributed by atoms with Crippen molar-refractivity contribution >= 4 is 66.9 Å². The number of phosphoric acid groups is 1. The third-order valence-electron chi connectivity index (χ3n) is 4.26. The topological polar surface area (TPSA) is 66.8 Å². The van der Waals surface area contributed by atoms with E-state index in [1.54, 1.807) is 0 Å². The average molecular weight is 396 g/mol. The van der Waals surface area contributed by atoms with Crippen LogP contribution in [0, 0.1) is 0 Å². The summed E-state index contributed by atoms with van der Waals surface area (Å²) in [5.74, 6) is 0. The van der Waals surface area contributed by atoms with Crippen LogP contribution >= 0.6 is 7.82 Å². The first-order valence-corrected chi connectivity index (χ1v) is 11.3. The monoisotopic (exact) mass is 396 g/mol. The first-order valence-electron chi connectivity index (χ1n) is 9.76. The van der Waals surface area contributed by atoms with Crippen LogP contribution in [0.5, 0.6) is 0 Å². The molecule has 4 nitrogen and oxygen atoms in total. The van der Waals surface area contributed by atoms with Gasteiger partial charge in [0, 0.05) is 59.1 Å². The van der Waals surface area contributed by atoms with Gasteiger partial charge in [0.2, 0.25) is 0 Å². The van der Waals surface area contributed by atoms with E-state index in [0.29, 0.717) is 0 Å². The molecule has 0 heterocycles. The molecule has 2 N–H and O–H groups in total. The first kappa shape index (κ1) is 31.8. The molecule has 0 rings (SSSR count). The van der Waals surface area contributed by atoms with E-state index >= 15 is 0 Å². The predicted molar refractivity (Wildman–Crippen MR) is 109 cm³/mol. The predicted octanol–water partition coefficient (Wildman–Crippen LogP) is 5.60. The van der Waals surface area contributed by atoms with E-state index < -0.39 is 7.82 Å². The molecule has 0 aliphatic heterocycles. The van der Waals surface area contributed by atoms with Gasteiger partial charge in [0.25, 0.3) is 0 Å². The molecule has 0 aliphatic rings. The van der Waals surface area contributed by atoms with Gasteiger partial charge in [-0.05, 0) is 6.42 Å². The molecule has 25 heavy (non-hydrogen) atoms. The van der Waals surface area contributed by atoms with Crippen molar-refractivity contribution in [2.24, 2.45) is 0 Å². The molecule has 142 valence electrons. The number of unbranched alkanes of at least 4 members (excludes halogenated alkanes) is 15. The van der Waals surface area contributed by atoms with Gasteiger partial charge in [0.15, 0.2) is 0 Å². The summed E-state index contributed by atoms with van der Waals surface area (Å²) in [7, 11) is -4.26. The molecule has 0 spiro atoms. The first-order chi connectivity index (χ1) is 11.1. The van der Waals surface area contributed by atoms with Crippen LogP contribution in [0.4, 0.5) is 0 Å². The summed E-state index contributed by atoms with van der Waals surface area (Å²) < 4.78 is 14.9. The Morgan fingerprint density at radius 2 is 0.880 bits per heavy atom. The third kappa shape index (κ3) is 31.0. The Hall–Kier alpha value is 2.11.